The Balaban J connectivity index is 1.72. The molecule has 0 bridgehead atoms. The van der Waals surface area contributed by atoms with Gasteiger partial charge in [-0.05, 0) is 70.6 Å². The Hall–Kier alpha value is -2.45. The number of carbonyl (C=O) groups is 2. The highest BCUT2D eigenvalue weighted by Gasteiger charge is 2.14. The quantitative estimate of drug-likeness (QED) is 0.379. The van der Waals surface area contributed by atoms with Crippen LogP contribution in [0.4, 0.5) is 5.69 Å². The van der Waals surface area contributed by atoms with E-state index >= 15 is 0 Å². The van der Waals surface area contributed by atoms with E-state index in [-0.39, 0.29) is 17.0 Å². The molecule has 1 heterocycles. The van der Waals surface area contributed by atoms with Crippen molar-refractivity contribution >= 4 is 51.6 Å². The first-order valence-electron chi connectivity index (χ1n) is 7.95. The van der Waals surface area contributed by atoms with E-state index in [4.69, 9.17) is 16.7 Å². The third-order valence-electron chi connectivity index (χ3n) is 3.81. The smallest absolute Gasteiger partial charge is 0.335 e. The molecule has 0 saturated heterocycles. The molecular weight excluding hydrogens is 479 g/mol. The van der Waals surface area contributed by atoms with Gasteiger partial charge in [0.05, 0.1) is 17.4 Å². The summed E-state index contributed by atoms with van der Waals surface area (Å²) < 4.78 is 0.678. The summed E-state index contributed by atoms with van der Waals surface area (Å²) in [5, 5.41) is 13.1. The van der Waals surface area contributed by atoms with Crippen LogP contribution in [0.1, 0.15) is 32.0 Å². The Morgan fingerprint density at radius 2 is 1.74 bits per heavy atom. The fourth-order valence-electron chi connectivity index (χ4n) is 2.43. The second kappa shape index (κ2) is 8.49. The number of hydrogen-bond acceptors (Lipinski definition) is 4. The Labute approximate surface area is 174 Å². The molecule has 0 spiro atoms. The number of ketones is 1. The van der Waals surface area contributed by atoms with Gasteiger partial charge in [-0.15, -0.1) is 0 Å². The van der Waals surface area contributed by atoms with Crippen molar-refractivity contribution in [3.8, 4) is 0 Å². The van der Waals surface area contributed by atoms with Gasteiger partial charge in [-0.2, -0.15) is 0 Å². The number of carboxylic acids is 1. The molecule has 3 aromatic rings. The Bertz CT molecular complexity index is 989. The number of hydrogen-bond donors (Lipinski definition) is 2. The minimum atomic E-state index is -1.07. The molecule has 0 saturated carbocycles. The number of halogens is 2. The van der Waals surface area contributed by atoms with Crippen LogP contribution in [0.15, 0.2) is 60.8 Å². The first-order valence-corrected chi connectivity index (χ1v) is 9.41. The molecule has 7 heteroatoms. The molecular formula is C20H14ClIN2O3. The second-order valence-electron chi connectivity index (χ2n) is 5.77. The van der Waals surface area contributed by atoms with E-state index in [0.717, 1.165) is 11.3 Å². The van der Waals surface area contributed by atoms with Crippen molar-refractivity contribution in [3.63, 3.8) is 0 Å². The third kappa shape index (κ3) is 5.05. The number of nitrogens with one attached hydrogen (secondary N) is 1. The SMILES string of the molecule is O=C(O)c1cc(I)cc(C(=O)c2ccc(NCc3ccc(Cl)cc3)cn2)c1. The van der Waals surface area contributed by atoms with Crippen molar-refractivity contribution in [2.75, 3.05) is 5.32 Å². The maximum atomic E-state index is 12.6. The maximum absolute atomic E-state index is 12.6. The number of pyridine rings is 1. The number of nitrogens with zero attached hydrogens (tertiary/aromatic N) is 1. The van der Waals surface area contributed by atoms with Crippen molar-refractivity contribution in [2.24, 2.45) is 0 Å². The van der Waals surface area contributed by atoms with Gasteiger partial charge in [-0.1, -0.05) is 23.7 Å². The van der Waals surface area contributed by atoms with Gasteiger partial charge in [0, 0.05) is 20.7 Å². The lowest BCUT2D eigenvalue weighted by molar-refractivity contribution is 0.0697. The van der Waals surface area contributed by atoms with Gasteiger partial charge < -0.3 is 10.4 Å². The minimum absolute atomic E-state index is 0.0755. The summed E-state index contributed by atoms with van der Waals surface area (Å²) in [7, 11) is 0. The fraction of sp³-hybridized carbons (Fsp3) is 0.0500. The summed E-state index contributed by atoms with van der Waals surface area (Å²) in [5.74, 6) is -1.39. The third-order valence-corrected chi connectivity index (χ3v) is 4.69. The molecule has 0 unspecified atom stereocenters. The summed E-state index contributed by atoms with van der Waals surface area (Å²) in [5.41, 5.74) is 2.47. The predicted molar refractivity (Wildman–Crippen MR) is 113 cm³/mol. The van der Waals surface area contributed by atoms with Gasteiger partial charge >= 0.3 is 5.97 Å². The standard InChI is InChI=1S/C20H14ClIN2O3/c21-15-3-1-12(2-4-15)10-23-17-5-6-18(24-11-17)19(25)13-7-14(20(26)27)9-16(22)8-13/h1-9,11,23H,10H2,(H,26,27). The normalized spacial score (nSPS) is 10.4. The lowest BCUT2D eigenvalue weighted by Crippen LogP contribution is -2.08. The van der Waals surface area contributed by atoms with E-state index in [1.54, 1.807) is 24.4 Å². The molecule has 0 fully saturated rings. The number of aromatic carboxylic acids is 1. The molecule has 0 radical (unpaired) electrons. The van der Waals surface area contributed by atoms with Crippen LogP contribution in [-0.2, 0) is 6.54 Å². The van der Waals surface area contributed by atoms with Gasteiger partial charge in [0.1, 0.15) is 5.69 Å². The molecule has 3 rings (SSSR count). The van der Waals surface area contributed by atoms with Crippen molar-refractivity contribution in [2.45, 2.75) is 6.54 Å². The Kier molecular flexibility index (Phi) is 6.08. The molecule has 0 amide bonds. The fourth-order valence-corrected chi connectivity index (χ4v) is 3.23. The topological polar surface area (TPSA) is 79.3 Å². The number of carbonyl (C=O) groups excluding carboxylic acids is 1. The number of carboxylic acid groups (broad SMARTS) is 1. The molecule has 0 atom stereocenters. The molecule has 0 aliphatic heterocycles. The van der Waals surface area contributed by atoms with Crippen LogP contribution >= 0.6 is 34.2 Å². The number of anilines is 1. The Morgan fingerprint density at radius 3 is 2.37 bits per heavy atom. The first-order chi connectivity index (χ1) is 12.9. The van der Waals surface area contributed by atoms with Crippen molar-refractivity contribution in [1.29, 1.82) is 0 Å². The van der Waals surface area contributed by atoms with Crippen LogP contribution in [0.2, 0.25) is 5.02 Å². The predicted octanol–water partition coefficient (Wildman–Crippen LogP) is 4.88. The molecule has 27 heavy (non-hydrogen) atoms. The molecule has 0 aliphatic rings. The van der Waals surface area contributed by atoms with Crippen LogP contribution < -0.4 is 5.32 Å². The molecule has 1 aromatic heterocycles. The van der Waals surface area contributed by atoms with Crippen molar-refractivity contribution < 1.29 is 14.7 Å². The van der Waals surface area contributed by atoms with E-state index < -0.39 is 5.97 Å². The zero-order chi connectivity index (χ0) is 19.4. The lowest BCUT2D eigenvalue weighted by atomic mass is 10.0. The highest BCUT2D eigenvalue weighted by atomic mass is 127. The highest BCUT2D eigenvalue weighted by molar-refractivity contribution is 14.1. The van der Waals surface area contributed by atoms with Gasteiger partial charge in [-0.3, -0.25) is 9.78 Å². The van der Waals surface area contributed by atoms with E-state index in [0.29, 0.717) is 20.7 Å². The summed E-state index contributed by atoms with van der Waals surface area (Å²) in [6.45, 7) is 0.602. The van der Waals surface area contributed by atoms with E-state index in [1.165, 1.54) is 12.1 Å². The zero-order valence-corrected chi connectivity index (χ0v) is 16.9. The molecule has 5 nitrogen and oxygen atoms in total. The molecule has 0 aliphatic carbocycles. The van der Waals surface area contributed by atoms with Crippen molar-refractivity contribution in [1.82, 2.24) is 4.98 Å². The maximum Gasteiger partial charge on any atom is 0.335 e. The number of benzene rings is 2. The average molecular weight is 493 g/mol. The van der Waals surface area contributed by atoms with Gasteiger partial charge in [0.2, 0.25) is 5.78 Å². The van der Waals surface area contributed by atoms with Gasteiger partial charge in [0.25, 0.3) is 0 Å². The zero-order valence-electron chi connectivity index (χ0n) is 13.9. The van der Waals surface area contributed by atoms with Crippen LogP contribution in [0, 0.1) is 3.57 Å². The average Bonchev–Trinajstić information content (AvgIpc) is 2.67. The summed E-state index contributed by atoms with van der Waals surface area (Å²) in [6.07, 6.45) is 1.58. The van der Waals surface area contributed by atoms with Crippen LogP contribution in [0.3, 0.4) is 0 Å². The lowest BCUT2D eigenvalue weighted by Gasteiger charge is -2.08. The van der Waals surface area contributed by atoms with E-state index in [1.807, 2.05) is 46.9 Å². The first kappa shape index (κ1) is 19.3. The van der Waals surface area contributed by atoms with Gasteiger partial charge in [0.15, 0.2) is 0 Å². The van der Waals surface area contributed by atoms with Crippen LogP contribution in [-0.4, -0.2) is 21.8 Å². The van der Waals surface area contributed by atoms with E-state index in [9.17, 15) is 9.59 Å². The number of aromatic nitrogens is 1. The number of rotatable bonds is 6. The van der Waals surface area contributed by atoms with Gasteiger partial charge in [-0.25, -0.2) is 4.79 Å². The molecule has 2 aromatic carbocycles. The minimum Gasteiger partial charge on any atom is -0.478 e. The summed E-state index contributed by atoms with van der Waals surface area (Å²) in [4.78, 5) is 28.0. The monoisotopic (exact) mass is 492 g/mol. The largest absolute Gasteiger partial charge is 0.478 e. The van der Waals surface area contributed by atoms with E-state index in [2.05, 4.69) is 10.3 Å². The summed E-state index contributed by atoms with van der Waals surface area (Å²) in [6, 6.07) is 15.4. The molecule has 136 valence electrons. The molecule has 2 N–H and O–H groups in total. The summed E-state index contributed by atoms with van der Waals surface area (Å²) >= 11 is 7.85. The second-order valence-corrected chi connectivity index (χ2v) is 7.46. The van der Waals surface area contributed by atoms with Crippen LogP contribution in [0.25, 0.3) is 0 Å². The Morgan fingerprint density at radius 1 is 1.04 bits per heavy atom. The van der Waals surface area contributed by atoms with Crippen molar-refractivity contribution in [3.05, 3.63) is 91.8 Å². The highest BCUT2D eigenvalue weighted by Crippen LogP contribution is 2.17. The van der Waals surface area contributed by atoms with Crippen LogP contribution in [0.5, 0.6) is 0 Å².